The molecule has 0 unspecified atom stereocenters. The molecule has 10 atom stereocenters. The summed E-state index contributed by atoms with van der Waals surface area (Å²) < 4.78 is 1.58. The maximum Gasteiger partial charge on any atom is 0.326 e. The molecule has 1 fully saturated rings. The van der Waals surface area contributed by atoms with Crippen LogP contribution in [0, 0.1) is 17.8 Å². The van der Waals surface area contributed by atoms with Crippen molar-refractivity contribution in [3.05, 3.63) is 47.5 Å². The number of guanidine groups is 1. The second-order valence-electron chi connectivity index (χ2n) is 19.3. The first kappa shape index (κ1) is 53.8. The van der Waals surface area contributed by atoms with Crippen molar-refractivity contribution in [1.82, 2.24) is 57.1 Å². The predicted molar refractivity (Wildman–Crippen MR) is 263 cm³/mol. The van der Waals surface area contributed by atoms with Crippen LogP contribution in [0.2, 0.25) is 0 Å². The SMILES string of the molecule is CC[C@@H](C)[C@@H]1NC(=O)[C@H]([C@H](C)CC)NC(=O)[C@@H](NC(=O)[C@H]2CCC(=O)N2)[C@@H](C(C)C)c2ccc3c4c([nH]c3c2)-n2cnc(c2)C[C@H](C(=O)O)NC(=O)CNC(=O)[C@H](CCCN=C(N)N)NC(=O)[C@H](C4)NC1=O. The third-order valence-electron chi connectivity index (χ3n) is 13.8. The molecule has 1 aromatic carbocycles. The topological polar surface area (TPSA) is 368 Å². The first-order valence-electron chi connectivity index (χ1n) is 24.5. The number of rotatable bonds is 12. The van der Waals surface area contributed by atoms with Gasteiger partial charge in [0.2, 0.25) is 47.3 Å². The van der Waals surface area contributed by atoms with Crippen LogP contribution in [0.15, 0.2) is 35.7 Å². The number of aliphatic imine (C=N–C) groups is 1. The van der Waals surface area contributed by atoms with Gasteiger partial charge in [-0.2, -0.15) is 0 Å². The Morgan fingerprint density at radius 2 is 1.50 bits per heavy atom. The van der Waals surface area contributed by atoms with Crippen LogP contribution >= 0.6 is 0 Å². The quantitative estimate of drug-likeness (QED) is 0.0437. The number of nitrogens with two attached hydrogens (primary N) is 2. The number of nitrogens with one attached hydrogen (secondary N) is 9. The van der Waals surface area contributed by atoms with Gasteiger partial charge in [0.05, 0.1) is 12.2 Å². The molecule has 8 amide bonds. The first-order valence-corrected chi connectivity index (χ1v) is 24.5. The van der Waals surface area contributed by atoms with Gasteiger partial charge in [-0.25, -0.2) is 9.78 Å². The lowest BCUT2D eigenvalue weighted by Crippen LogP contribution is -2.62. The first-order chi connectivity index (χ1) is 34.2. The van der Waals surface area contributed by atoms with Gasteiger partial charge in [0.25, 0.3) is 0 Å². The van der Waals surface area contributed by atoms with E-state index < -0.39 is 114 Å². The molecule has 1 saturated heterocycles. The second kappa shape index (κ2) is 23.6. The Balaban J connectivity index is 1.58. The summed E-state index contributed by atoms with van der Waals surface area (Å²) in [5, 5.41) is 32.6. The van der Waals surface area contributed by atoms with E-state index in [1.165, 1.54) is 6.33 Å². The number of H-pyrrole nitrogens is 1. The summed E-state index contributed by atoms with van der Waals surface area (Å²) in [6, 6.07) is -3.49. The number of aliphatic carboxylic acids is 1. The Kier molecular flexibility index (Phi) is 17.6. The molecule has 2 aromatic heterocycles. The Morgan fingerprint density at radius 1 is 0.833 bits per heavy atom. The average molecular weight is 1000 g/mol. The van der Waals surface area contributed by atoms with Crippen LogP contribution < -0.4 is 54.0 Å². The molecule has 24 heteroatoms. The van der Waals surface area contributed by atoms with Crippen LogP contribution in [-0.2, 0) is 56.0 Å². The smallest absolute Gasteiger partial charge is 0.326 e. The molecular formula is C48H68N14O10. The van der Waals surface area contributed by atoms with Crippen LogP contribution in [0.4, 0.5) is 0 Å². The fourth-order valence-corrected chi connectivity index (χ4v) is 9.38. The Hall–Kier alpha value is -7.53. The van der Waals surface area contributed by atoms with Gasteiger partial charge in [0, 0.05) is 54.4 Å². The van der Waals surface area contributed by atoms with Gasteiger partial charge in [-0.15, -0.1) is 0 Å². The second-order valence-corrected chi connectivity index (χ2v) is 19.3. The summed E-state index contributed by atoms with van der Waals surface area (Å²) in [5.74, 6) is -8.69. The zero-order chi connectivity index (χ0) is 52.6. The van der Waals surface area contributed by atoms with E-state index in [-0.39, 0.29) is 68.5 Å². The van der Waals surface area contributed by atoms with E-state index in [0.717, 1.165) is 0 Å². The van der Waals surface area contributed by atoms with Gasteiger partial charge in [-0.1, -0.05) is 66.5 Å². The number of carbonyl (C=O) groups is 9. The van der Waals surface area contributed by atoms with E-state index in [2.05, 4.69) is 57.5 Å². The van der Waals surface area contributed by atoms with Crippen LogP contribution in [0.5, 0.6) is 0 Å². The van der Waals surface area contributed by atoms with E-state index >= 15 is 0 Å². The Labute approximate surface area is 416 Å². The number of carbonyl (C=O) groups excluding carboxylic acids is 8. The zero-order valence-corrected chi connectivity index (χ0v) is 41.4. The molecule has 390 valence electrons. The number of hydrogen-bond donors (Lipinski definition) is 12. The highest BCUT2D eigenvalue weighted by atomic mass is 16.4. The van der Waals surface area contributed by atoms with Gasteiger partial charge < -0.3 is 64.1 Å². The molecule has 0 radical (unpaired) electrons. The Morgan fingerprint density at radius 3 is 2.12 bits per heavy atom. The molecule has 6 heterocycles. The monoisotopic (exact) mass is 1000 g/mol. The molecule has 72 heavy (non-hydrogen) atoms. The lowest BCUT2D eigenvalue weighted by atomic mass is 9.81. The molecule has 14 N–H and O–H groups in total. The van der Waals surface area contributed by atoms with Gasteiger partial charge in [-0.05, 0) is 48.6 Å². The molecule has 0 saturated carbocycles. The van der Waals surface area contributed by atoms with Crippen LogP contribution in [0.1, 0.15) is 103 Å². The van der Waals surface area contributed by atoms with E-state index in [4.69, 9.17) is 11.5 Å². The van der Waals surface area contributed by atoms with Gasteiger partial charge >= 0.3 is 5.97 Å². The normalized spacial score (nSPS) is 25.5. The van der Waals surface area contributed by atoms with Crippen molar-refractivity contribution in [3.63, 3.8) is 0 Å². The van der Waals surface area contributed by atoms with Crippen molar-refractivity contribution in [2.45, 2.75) is 141 Å². The summed E-state index contributed by atoms with van der Waals surface area (Å²) in [6.07, 6.45) is 3.82. The molecule has 7 bridgehead atoms. The minimum absolute atomic E-state index is 0.0327. The molecule has 24 nitrogen and oxygen atoms in total. The summed E-state index contributed by atoms with van der Waals surface area (Å²) >= 11 is 0. The standard InChI is InChI=1S/C48H68N14O10/c1-7-23(5)37-44(68)58-32-18-28-27-12-11-25(36(22(3)4)39(61-42(66)30-13-14-34(63)54-30)46(70)60-38(24(6)8-2)45(69)59-37)16-31(27)56-40(28)62-20-26(53-21-62)17-33(47(71)72)55-35(64)19-52-41(65)29(57-43(32)67)10-9-15-51-48(49)50/h11-12,16,20-24,29-30,32-33,36-39,56H,7-10,13-15,17-19H2,1-6H3,(H,52,65)(H,54,63)(H,55,64)(H,57,67)(H,58,68)(H,59,69)(H,60,70)(H,61,66)(H,71,72)(H4,49,50,51)/t23-,24-,29+,30-,32+,33-,36+,37+,38+,39+/m1/s1. The van der Waals surface area contributed by atoms with Crippen LogP contribution in [0.3, 0.4) is 0 Å². The number of benzene rings is 1. The third-order valence-corrected chi connectivity index (χ3v) is 13.8. The summed E-state index contributed by atoms with van der Waals surface area (Å²) in [5.41, 5.74) is 12.9. The summed E-state index contributed by atoms with van der Waals surface area (Å²) in [4.78, 5) is 137. The van der Waals surface area contributed by atoms with Crippen molar-refractivity contribution in [2.24, 2.45) is 34.2 Å². The molecule has 0 spiro atoms. The highest BCUT2D eigenvalue weighted by molar-refractivity contribution is 5.99. The van der Waals surface area contributed by atoms with Gasteiger partial charge in [-0.3, -0.25) is 47.9 Å². The average Bonchev–Trinajstić information content (AvgIpc) is 4.08. The van der Waals surface area contributed by atoms with Crippen LogP contribution in [-0.4, -0.2) is 134 Å². The highest BCUT2D eigenvalue weighted by Gasteiger charge is 2.41. The summed E-state index contributed by atoms with van der Waals surface area (Å²) in [6.45, 7) is 10.4. The maximum atomic E-state index is 14.9. The number of nitrogens with zero attached hydrogens (tertiary/aromatic N) is 3. The lowest BCUT2D eigenvalue weighted by Gasteiger charge is -2.34. The number of aromatic nitrogens is 3. The molecule has 7 rings (SSSR count). The number of aromatic amines is 1. The largest absolute Gasteiger partial charge is 0.480 e. The zero-order valence-electron chi connectivity index (χ0n) is 41.4. The molecule has 0 aliphatic carbocycles. The van der Waals surface area contributed by atoms with Crippen LogP contribution in [0.25, 0.3) is 16.7 Å². The molecule has 4 aliphatic rings. The van der Waals surface area contributed by atoms with Crippen molar-refractivity contribution in [3.8, 4) is 5.82 Å². The highest BCUT2D eigenvalue weighted by Crippen LogP contribution is 2.35. The fraction of sp³-hybridized carbons (Fsp3) is 0.562. The minimum Gasteiger partial charge on any atom is -0.480 e. The van der Waals surface area contributed by atoms with E-state index in [1.807, 2.05) is 27.7 Å². The number of amides is 8. The number of fused-ring (bicyclic) bond motifs is 13. The van der Waals surface area contributed by atoms with E-state index in [1.54, 1.807) is 42.8 Å². The van der Waals surface area contributed by atoms with Crippen molar-refractivity contribution >= 4 is 70.1 Å². The Bertz CT molecular complexity index is 2590. The van der Waals surface area contributed by atoms with Gasteiger partial charge in [0.15, 0.2) is 5.96 Å². The number of carboxylic acid groups (broad SMARTS) is 1. The molecular weight excluding hydrogens is 933 g/mol. The fourth-order valence-electron chi connectivity index (χ4n) is 9.38. The molecule has 3 aromatic rings. The number of hydrogen-bond acceptors (Lipinski definition) is 11. The van der Waals surface area contributed by atoms with Crippen molar-refractivity contribution < 1.29 is 48.3 Å². The number of imidazole rings is 1. The van der Waals surface area contributed by atoms with E-state index in [0.29, 0.717) is 40.7 Å². The lowest BCUT2D eigenvalue weighted by molar-refractivity contribution is -0.141. The van der Waals surface area contributed by atoms with Crippen molar-refractivity contribution in [1.29, 1.82) is 0 Å². The maximum absolute atomic E-state index is 14.9. The van der Waals surface area contributed by atoms with Gasteiger partial charge in [0.1, 0.15) is 54.4 Å². The predicted octanol–water partition coefficient (Wildman–Crippen LogP) is -1.26. The number of carboxylic acids is 1. The molecule has 4 aliphatic heterocycles. The third kappa shape index (κ3) is 12.9. The summed E-state index contributed by atoms with van der Waals surface area (Å²) in [7, 11) is 0. The van der Waals surface area contributed by atoms with Crippen molar-refractivity contribution in [2.75, 3.05) is 13.1 Å². The van der Waals surface area contributed by atoms with E-state index in [9.17, 15) is 48.3 Å². The minimum atomic E-state index is -1.46.